The molecule has 0 aliphatic heterocycles. The second-order valence-corrected chi connectivity index (χ2v) is 8.65. The summed E-state index contributed by atoms with van der Waals surface area (Å²) in [4.78, 5) is 31.7. The van der Waals surface area contributed by atoms with Gasteiger partial charge in [0.15, 0.2) is 17.1 Å². The third-order valence-electron chi connectivity index (χ3n) is 5.71. The Bertz CT molecular complexity index is 1650. The minimum atomic E-state index is -5.08. The number of halogens is 8. The molecule has 0 saturated carbocycles. The summed E-state index contributed by atoms with van der Waals surface area (Å²) < 4.78 is 115. The summed E-state index contributed by atoms with van der Waals surface area (Å²) in [6, 6.07) is 1.59. The lowest BCUT2D eigenvalue weighted by Crippen LogP contribution is -2.29. The fourth-order valence-electron chi connectivity index (χ4n) is 3.92. The molecule has 0 spiro atoms. The molecule has 0 fully saturated rings. The standard InChI is InChI=1S/C24H17F8N5O3/c1-10(40-18-7-35-36-22(38)19(18)24(30,31)32)2-12(25)8-37-9-17(27)13-3-15(16(26)4-14(13)23(37)39)21-33-5-11(6-34-21)20(28)29/h3-7,9-10,12,20H,2,8H2,1H3,(H,36,38)/t10-,12-/m0/s1. The first-order valence-corrected chi connectivity index (χ1v) is 11.3. The molecule has 8 nitrogen and oxygen atoms in total. The number of nitrogens with zero attached hydrogens (tertiary/aromatic N) is 4. The third kappa shape index (κ3) is 5.94. The number of nitrogens with one attached hydrogen (secondary N) is 1. The molecule has 0 aliphatic carbocycles. The van der Waals surface area contributed by atoms with Crippen molar-refractivity contribution < 1.29 is 39.9 Å². The molecule has 4 aromatic rings. The van der Waals surface area contributed by atoms with Gasteiger partial charge in [0, 0.05) is 30.4 Å². The summed E-state index contributed by atoms with van der Waals surface area (Å²) in [6.07, 6.45) is -8.89. The molecule has 0 amide bonds. The molecule has 16 heteroatoms. The summed E-state index contributed by atoms with van der Waals surface area (Å²) in [7, 11) is 0. The van der Waals surface area contributed by atoms with Crippen molar-refractivity contribution >= 4 is 10.8 Å². The Morgan fingerprint density at radius 2 is 1.68 bits per heavy atom. The highest BCUT2D eigenvalue weighted by Crippen LogP contribution is 2.33. The summed E-state index contributed by atoms with van der Waals surface area (Å²) >= 11 is 0. The van der Waals surface area contributed by atoms with Crippen LogP contribution in [0, 0.1) is 11.6 Å². The fourth-order valence-corrected chi connectivity index (χ4v) is 3.92. The van der Waals surface area contributed by atoms with Crippen molar-refractivity contribution in [1.29, 1.82) is 0 Å². The predicted octanol–water partition coefficient (Wildman–Crippen LogP) is 4.97. The lowest BCUT2D eigenvalue weighted by atomic mass is 10.1. The molecule has 0 unspecified atom stereocenters. The van der Waals surface area contributed by atoms with Crippen LogP contribution in [0.5, 0.6) is 5.75 Å². The van der Waals surface area contributed by atoms with Crippen LogP contribution in [0.4, 0.5) is 35.1 Å². The smallest absolute Gasteiger partial charge is 0.425 e. The lowest BCUT2D eigenvalue weighted by molar-refractivity contribution is -0.140. The quantitative estimate of drug-likeness (QED) is 0.298. The zero-order chi connectivity index (χ0) is 29.4. The number of pyridine rings is 1. The van der Waals surface area contributed by atoms with Gasteiger partial charge in [-0.25, -0.2) is 37.0 Å². The molecule has 0 radical (unpaired) electrons. The molecule has 40 heavy (non-hydrogen) atoms. The van der Waals surface area contributed by atoms with E-state index in [4.69, 9.17) is 4.74 Å². The van der Waals surface area contributed by atoms with E-state index >= 15 is 0 Å². The van der Waals surface area contributed by atoms with Gasteiger partial charge in [-0.05, 0) is 19.1 Å². The van der Waals surface area contributed by atoms with Gasteiger partial charge in [0.25, 0.3) is 17.5 Å². The minimum absolute atomic E-state index is 0.338. The molecule has 3 heterocycles. The number of rotatable bonds is 8. The summed E-state index contributed by atoms with van der Waals surface area (Å²) in [5, 5.41) is 4.03. The summed E-state index contributed by atoms with van der Waals surface area (Å²) in [5.74, 6) is -3.39. The van der Waals surface area contributed by atoms with E-state index in [9.17, 15) is 44.7 Å². The number of benzene rings is 1. The number of hydrogen-bond acceptors (Lipinski definition) is 6. The average Bonchev–Trinajstić information content (AvgIpc) is 2.86. The molecular formula is C24H17F8N5O3. The number of alkyl halides is 6. The van der Waals surface area contributed by atoms with Gasteiger partial charge in [0.1, 0.15) is 17.8 Å². The van der Waals surface area contributed by atoms with E-state index in [1.165, 1.54) is 6.92 Å². The van der Waals surface area contributed by atoms with E-state index in [1.54, 1.807) is 5.10 Å². The van der Waals surface area contributed by atoms with Crippen LogP contribution >= 0.6 is 0 Å². The van der Waals surface area contributed by atoms with E-state index in [-0.39, 0.29) is 16.8 Å². The van der Waals surface area contributed by atoms with E-state index in [0.717, 1.165) is 18.5 Å². The van der Waals surface area contributed by atoms with Crippen molar-refractivity contribution in [2.75, 3.05) is 0 Å². The monoisotopic (exact) mass is 575 g/mol. The van der Waals surface area contributed by atoms with Crippen LogP contribution in [-0.4, -0.2) is 37.0 Å². The van der Waals surface area contributed by atoms with Gasteiger partial charge in [-0.3, -0.25) is 9.59 Å². The van der Waals surface area contributed by atoms with Crippen LogP contribution in [0.2, 0.25) is 0 Å². The van der Waals surface area contributed by atoms with Crippen LogP contribution in [0.25, 0.3) is 22.2 Å². The number of H-pyrrole nitrogens is 1. The van der Waals surface area contributed by atoms with Crippen molar-refractivity contribution in [1.82, 2.24) is 24.7 Å². The average molecular weight is 575 g/mol. The van der Waals surface area contributed by atoms with Crippen LogP contribution in [-0.2, 0) is 12.7 Å². The molecule has 1 aromatic carbocycles. The van der Waals surface area contributed by atoms with Crippen molar-refractivity contribution in [3.05, 3.63) is 80.4 Å². The molecule has 212 valence electrons. The maximum atomic E-state index is 14.9. The van der Waals surface area contributed by atoms with Crippen LogP contribution in [0.1, 0.15) is 30.9 Å². The van der Waals surface area contributed by atoms with Crippen molar-refractivity contribution in [2.45, 2.75) is 44.8 Å². The first-order valence-electron chi connectivity index (χ1n) is 11.3. The number of ether oxygens (including phenoxy) is 1. The molecule has 4 rings (SSSR count). The molecule has 0 aliphatic rings. The normalized spacial score (nSPS) is 13.6. The summed E-state index contributed by atoms with van der Waals surface area (Å²) in [6.45, 7) is 0.450. The summed E-state index contributed by atoms with van der Waals surface area (Å²) in [5.41, 5.74) is -5.08. The van der Waals surface area contributed by atoms with Crippen LogP contribution in [0.3, 0.4) is 0 Å². The molecule has 3 aromatic heterocycles. The van der Waals surface area contributed by atoms with E-state index < -0.39 is 82.9 Å². The zero-order valence-corrected chi connectivity index (χ0v) is 20.1. The van der Waals surface area contributed by atoms with Crippen molar-refractivity contribution in [2.24, 2.45) is 0 Å². The largest absolute Gasteiger partial charge is 0.488 e. The van der Waals surface area contributed by atoms with Crippen LogP contribution in [0.15, 0.2) is 46.5 Å². The second kappa shape index (κ2) is 11.0. The van der Waals surface area contributed by atoms with Crippen molar-refractivity contribution in [3.63, 3.8) is 0 Å². The molecule has 1 N–H and O–H groups in total. The number of aromatic nitrogens is 5. The second-order valence-electron chi connectivity index (χ2n) is 8.65. The van der Waals surface area contributed by atoms with Gasteiger partial charge < -0.3 is 9.30 Å². The predicted molar refractivity (Wildman–Crippen MR) is 124 cm³/mol. The van der Waals surface area contributed by atoms with Gasteiger partial charge in [-0.15, -0.1) is 0 Å². The van der Waals surface area contributed by atoms with Gasteiger partial charge in [0.05, 0.1) is 35.4 Å². The Kier molecular flexibility index (Phi) is 7.88. The van der Waals surface area contributed by atoms with E-state index in [2.05, 4.69) is 15.1 Å². The fraction of sp³-hybridized carbons (Fsp3) is 0.292. The highest BCUT2D eigenvalue weighted by atomic mass is 19.4. The Morgan fingerprint density at radius 1 is 1.00 bits per heavy atom. The molecule has 2 atom stereocenters. The maximum Gasteiger partial charge on any atom is 0.425 e. The van der Waals surface area contributed by atoms with Gasteiger partial charge in [0.2, 0.25) is 0 Å². The number of aromatic amines is 1. The van der Waals surface area contributed by atoms with Gasteiger partial charge in [-0.2, -0.15) is 18.3 Å². The minimum Gasteiger partial charge on any atom is -0.488 e. The highest BCUT2D eigenvalue weighted by molar-refractivity contribution is 5.86. The Labute approximate surface area is 218 Å². The number of hydrogen-bond donors (Lipinski definition) is 1. The van der Waals surface area contributed by atoms with E-state index in [0.29, 0.717) is 23.0 Å². The molecule has 0 bridgehead atoms. The Hall–Kier alpha value is -4.37. The topological polar surface area (TPSA) is 103 Å². The Balaban J connectivity index is 1.55. The maximum absolute atomic E-state index is 14.9. The van der Waals surface area contributed by atoms with Gasteiger partial charge >= 0.3 is 6.18 Å². The Morgan fingerprint density at radius 3 is 2.30 bits per heavy atom. The molecule has 0 saturated heterocycles. The van der Waals surface area contributed by atoms with Gasteiger partial charge in [-0.1, -0.05) is 0 Å². The van der Waals surface area contributed by atoms with Crippen LogP contribution < -0.4 is 15.9 Å². The SMILES string of the molecule is C[C@@H](C[C@H](F)Cn1cc(F)c2cc(-c3ncc(C(F)F)cn3)c(F)cc2c1=O)Oc1cn[nH]c(=O)c1C(F)(F)F. The first-order chi connectivity index (χ1) is 18.8. The number of fused-ring (bicyclic) bond motifs is 1. The third-order valence-corrected chi connectivity index (χ3v) is 5.71. The highest BCUT2D eigenvalue weighted by Gasteiger charge is 2.38. The van der Waals surface area contributed by atoms with E-state index in [1.807, 2.05) is 0 Å². The zero-order valence-electron chi connectivity index (χ0n) is 20.1. The molecular weight excluding hydrogens is 558 g/mol. The van der Waals surface area contributed by atoms with Crippen molar-refractivity contribution in [3.8, 4) is 17.1 Å². The lowest BCUT2D eigenvalue weighted by Gasteiger charge is -2.19. The first kappa shape index (κ1) is 28.6.